The molecule has 124 valence electrons. The first-order valence-electron chi connectivity index (χ1n) is 7.58. The molecule has 0 saturated carbocycles. The highest BCUT2D eigenvalue weighted by molar-refractivity contribution is 6.32. The van der Waals surface area contributed by atoms with E-state index in [1.54, 1.807) is 12.1 Å². The second kappa shape index (κ2) is 9.54. The first-order valence-corrected chi connectivity index (χ1v) is 7.96. The van der Waals surface area contributed by atoms with Crippen molar-refractivity contribution in [2.24, 2.45) is 5.73 Å². The maximum atomic E-state index is 12.3. The Balaban J connectivity index is 2.91. The molecule has 6 heteroatoms. The number of methoxy groups -OCH3 is 1. The molecule has 3 N–H and O–H groups in total. The van der Waals surface area contributed by atoms with Gasteiger partial charge >= 0.3 is 0 Å². The van der Waals surface area contributed by atoms with Gasteiger partial charge in [0.1, 0.15) is 0 Å². The molecule has 5 nitrogen and oxygen atoms in total. The minimum Gasteiger partial charge on any atom is -0.493 e. The van der Waals surface area contributed by atoms with Crippen LogP contribution < -0.4 is 20.5 Å². The van der Waals surface area contributed by atoms with Crippen LogP contribution in [0.15, 0.2) is 12.1 Å². The highest BCUT2D eigenvalue weighted by Crippen LogP contribution is 2.36. The van der Waals surface area contributed by atoms with Gasteiger partial charge in [-0.05, 0) is 25.5 Å². The summed E-state index contributed by atoms with van der Waals surface area (Å²) in [6.07, 6.45) is 2.95. The molecule has 0 aliphatic heterocycles. The molecule has 0 aliphatic carbocycles. The fourth-order valence-electron chi connectivity index (χ4n) is 2.10. The number of hydrogen-bond donors (Lipinski definition) is 2. The van der Waals surface area contributed by atoms with Crippen molar-refractivity contribution in [2.45, 2.75) is 39.2 Å². The van der Waals surface area contributed by atoms with Crippen LogP contribution in [0.3, 0.4) is 0 Å². The topological polar surface area (TPSA) is 73.6 Å². The van der Waals surface area contributed by atoms with Crippen LogP contribution in [0.5, 0.6) is 11.5 Å². The van der Waals surface area contributed by atoms with E-state index < -0.39 is 0 Å². The van der Waals surface area contributed by atoms with E-state index >= 15 is 0 Å². The molecule has 0 aromatic heterocycles. The Bertz CT molecular complexity index is 495. The molecule has 1 unspecified atom stereocenters. The van der Waals surface area contributed by atoms with Gasteiger partial charge in [0.2, 0.25) is 0 Å². The number of hydrogen-bond acceptors (Lipinski definition) is 4. The number of halogens is 1. The van der Waals surface area contributed by atoms with Crippen LogP contribution >= 0.6 is 11.6 Å². The molecule has 0 aliphatic rings. The van der Waals surface area contributed by atoms with Crippen molar-refractivity contribution in [1.29, 1.82) is 0 Å². The summed E-state index contributed by atoms with van der Waals surface area (Å²) in [5, 5.41) is 3.28. The van der Waals surface area contributed by atoms with Gasteiger partial charge in [0, 0.05) is 18.2 Å². The molecule has 1 aromatic rings. The zero-order valence-corrected chi connectivity index (χ0v) is 14.2. The lowest BCUT2D eigenvalue weighted by atomic mass is 10.1. The zero-order chi connectivity index (χ0) is 16.5. The molecule has 1 atom stereocenters. The van der Waals surface area contributed by atoms with Crippen molar-refractivity contribution in [1.82, 2.24) is 5.32 Å². The molecule has 0 spiro atoms. The smallest absolute Gasteiger partial charge is 0.251 e. The van der Waals surface area contributed by atoms with Crippen LogP contribution in [0.4, 0.5) is 0 Å². The minimum atomic E-state index is -0.213. The van der Waals surface area contributed by atoms with Gasteiger partial charge in [-0.25, -0.2) is 0 Å². The van der Waals surface area contributed by atoms with Crippen LogP contribution in [-0.2, 0) is 0 Å². The fraction of sp³-hybridized carbons (Fsp3) is 0.562. The van der Waals surface area contributed by atoms with E-state index in [2.05, 4.69) is 12.2 Å². The van der Waals surface area contributed by atoms with Crippen molar-refractivity contribution < 1.29 is 14.3 Å². The molecule has 0 fully saturated rings. The Morgan fingerprint density at radius 2 is 2.14 bits per heavy atom. The van der Waals surface area contributed by atoms with E-state index in [4.69, 9.17) is 26.8 Å². The number of nitrogens with two attached hydrogens (primary N) is 1. The second-order valence-electron chi connectivity index (χ2n) is 4.97. The van der Waals surface area contributed by atoms with Crippen LogP contribution in [0.25, 0.3) is 0 Å². The van der Waals surface area contributed by atoms with E-state index in [0.717, 1.165) is 19.3 Å². The Kier molecular flexibility index (Phi) is 8.06. The zero-order valence-electron chi connectivity index (χ0n) is 13.4. The summed E-state index contributed by atoms with van der Waals surface area (Å²) < 4.78 is 10.7. The van der Waals surface area contributed by atoms with Crippen molar-refractivity contribution in [3.8, 4) is 11.5 Å². The largest absolute Gasteiger partial charge is 0.493 e. The van der Waals surface area contributed by atoms with Crippen LogP contribution in [-0.4, -0.2) is 32.2 Å². The summed E-state index contributed by atoms with van der Waals surface area (Å²) in [5.41, 5.74) is 6.13. The lowest BCUT2D eigenvalue weighted by molar-refractivity contribution is 0.0935. The number of nitrogens with one attached hydrogen (secondary N) is 1. The Labute approximate surface area is 137 Å². The van der Waals surface area contributed by atoms with Gasteiger partial charge in [0.25, 0.3) is 5.91 Å². The standard InChI is InChI=1S/C16H25ClN2O3/c1-4-6-7-12(10-18)19-16(20)11-8-13(17)15(22-5-2)14(9-11)21-3/h8-9,12H,4-7,10,18H2,1-3H3,(H,19,20). The molecular formula is C16H25ClN2O3. The van der Waals surface area contributed by atoms with Crippen molar-refractivity contribution in [3.63, 3.8) is 0 Å². The number of rotatable bonds is 9. The molecule has 0 heterocycles. The third-order valence-corrected chi connectivity index (χ3v) is 3.59. The third-order valence-electron chi connectivity index (χ3n) is 3.31. The van der Waals surface area contributed by atoms with E-state index in [1.165, 1.54) is 7.11 Å². The van der Waals surface area contributed by atoms with Gasteiger partial charge in [-0.3, -0.25) is 4.79 Å². The summed E-state index contributed by atoms with van der Waals surface area (Å²) in [4.78, 5) is 12.3. The summed E-state index contributed by atoms with van der Waals surface area (Å²) >= 11 is 6.18. The van der Waals surface area contributed by atoms with Crippen molar-refractivity contribution >= 4 is 17.5 Å². The predicted molar refractivity (Wildman–Crippen MR) is 89.0 cm³/mol. The number of carbonyl (C=O) groups is 1. The van der Waals surface area contributed by atoms with Crippen LogP contribution in [0, 0.1) is 0 Å². The molecule has 1 rings (SSSR count). The average molecular weight is 329 g/mol. The van der Waals surface area contributed by atoms with Crippen LogP contribution in [0.2, 0.25) is 5.02 Å². The number of carbonyl (C=O) groups excluding carboxylic acids is 1. The maximum Gasteiger partial charge on any atom is 0.251 e. The molecule has 1 aromatic carbocycles. The highest BCUT2D eigenvalue weighted by Gasteiger charge is 2.17. The molecule has 1 amide bonds. The first kappa shape index (κ1) is 18.6. The normalized spacial score (nSPS) is 11.9. The average Bonchev–Trinajstić information content (AvgIpc) is 2.52. The third kappa shape index (κ3) is 5.07. The lowest BCUT2D eigenvalue weighted by Gasteiger charge is -2.18. The Morgan fingerprint density at radius 1 is 1.41 bits per heavy atom. The van der Waals surface area contributed by atoms with Gasteiger partial charge < -0.3 is 20.5 Å². The highest BCUT2D eigenvalue weighted by atomic mass is 35.5. The van der Waals surface area contributed by atoms with E-state index in [-0.39, 0.29) is 11.9 Å². The summed E-state index contributed by atoms with van der Waals surface area (Å²) in [5.74, 6) is 0.678. The SMILES string of the molecule is CCCCC(CN)NC(=O)c1cc(Cl)c(OCC)c(OC)c1. The number of unbranched alkanes of at least 4 members (excludes halogenated alkanes) is 1. The molecule has 0 bridgehead atoms. The maximum absolute atomic E-state index is 12.3. The predicted octanol–water partition coefficient (Wildman–Crippen LogP) is 2.99. The van der Waals surface area contributed by atoms with Crippen molar-refractivity contribution in [3.05, 3.63) is 22.7 Å². The van der Waals surface area contributed by atoms with Crippen LogP contribution in [0.1, 0.15) is 43.5 Å². The lowest BCUT2D eigenvalue weighted by Crippen LogP contribution is -2.40. The molecular weight excluding hydrogens is 304 g/mol. The first-order chi connectivity index (χ1) is 10.6. The van der Waals surface area contributed by atoms with E-state index in [9.17, 15) is 4.79 Å². The second-order valence-corrected chi connectivity index (χ2v) is 5.38. The summed E-state index contributed by atoms with van der Waals surface area (Å²) in [7, 11) is 1.51. The Hall–Kier alpha value is -1.46. The monoisotopic (exact) mass is 328 g/mol. The van der Waals surface area contributed by atoms with Gasteiger partial charge in [0.05, 0.1) is 18.7 Å². The quantitative estimate of drug-likeness (QED) is 0.731. The summed E-state index contributed by atoms with van der Waals surface area (Å²) in [6, 6.07) is 3.17. The number of benzene rings is 1. The minimum absolute atomic E-state index is 0.0382. The summed E-state index contributed by atoms with van der Waals surface area (Å²) in [6.45, 7) is 4.84. The van der Waals surface area contributed by atoms with Gasteiger partial charge in [-0.2, -0.15) is 0 Å². The number of ether oxygens (including phenoxy) is 2. The molecule has 22 heavy (non-hydrogen) atoms. The van der Waals surface area contributed by atoms with Gasteiger partial charge in [-0.15, -0.1) is 0 Å². The van der Waals surface area contributed by atoms with E-state index in [1.807, 2.05) is 6.92 Å². The van der Waals surface area contributed by atoms with E-state index in [0.29, 0.717) is 35.2 Å². The number of amides is 1. The van der Waals surface area contributed by atoms with Gasteiger partial charge in [-0.1, -0.05) is 31.4 Å². The van der Waals surface area contributed by atoms with Crippen molar-refractivity contribution in [2.75, 3.05) is 20.3 Å². The fourth-order valence-corrected chi connectivity index (χ4v) is 2.37. The van der Waals surface area contributed by atoms with Gasteiger partial charge in [0.15, 0.2) is 11.5 Å². The Morgan fingerprint density at radius 3 is 2.68 bits per heavy atom. The molecule has 0 radical (unpaired) electrons. The molecule has 0 saturated heterocycles.